The molecule has 0 spiro atoms. The summed E-state index contributed by atoms with van der Waals surface area (Å²) in [5, 5.41) is 0. The van der Waals surface area contributed by atoms with E-state index in [0.717, 1.165) is 54.5 Å². The largest absolute Gasteiger partial charge is 0.514 e. The topological polar surface area (TPSA) is 108 Å². The molecule has 0 radical (unpaired) electrons. The fraction of sp³-hybridized carbons (Fsp3) is 0.478. The highest BCUT2D eigenvalue weighted by Gasteiger charge is 2.39. The van der Waals surface area contributed by atoms with Crippen molar-refractivity contribution in [1.82, 2.24) is 0 Å². The SMILES string of the molecule is COC(=O)Oc1ccc(CCC[Si](C)(C)O[Si](C)(C)O[Si](C)(C)CCCc2ccc(OC(=O)OC3CC=C(C(C)(C)c4cccc(C)c4)C=C3C)c(OC)c2)cc1OC. The number of ether oxygens (including phenoxy) is 6. The Bertz CT molecular complexity index is 1980. The van der Waals surface area contributed by atoms with Gasteiger partial charge in [-0.15, -0.1) is 0 Å². The fourth-order valence-corrected chi connectivity index (χ4v) is 21.8. The number of hydrogen-bond acceptors (Lipinski definition) is 10. The highest BCUT2D eigenvalue weighted by Crippen LogP contribution is 2.38. The van der Waals surface area contributed by atoms with Crippen molar-refractivity contribution in [3.63, 3.8) is 0 Å². The van der Waals surface area contributed by atoms with Gasteiger partial charge in [0.15, 0.2) is 39.6 Å². The molecule has 0 fully saturated rings. The van der Waals surface area contributed by atoms with Crippen molar-refractivity contribution in [2.75, 3.05) is 21.3 Å². The average molecular weight is 863 g/mol. The Labute approximate surface area is 355 Å². The smallest absolute Gasteiger partial charge is 0.493 e. The quantitative estimate of drug-likeness (QED) is 0.0656. The predicted octanol–water partition coefficient (Wildman–Crippen LogP) is 12.0. The van der Waals surface area contributed by atoms with Crippen LogP contribution in [0.15, 0.2) is 84.0 Å². The Kier molecular flexibility index (Phi) is 16.4. The summed E-state index contributed by atoms with van der Waals surface area (Å²) >= 11 is 0. The molecule has 1 unspecified atom stereocenters. The molecule has 13 heteroatoms. The molecule has 3 aromatic rings. The molecule has 0 heterocycles. The first kappa shape index (κ1) is 47.5. The van der Waals surface area contributed by atoms with Gasteiger partial charge in [0.2, 0.25) is 0 Å². The lowest BCUT2D eigenvalue weighted by Gasteiger charge is -2.39. The van der Waals surface area contributed by atoms with Gasteiger partial charge in [0, 0.05) is 11.8 Å². The maximum atomic E-state index is 13.0. The van der Waals surface area contributed by atoms with E-state index in [0.29, 0.717) is 29.4 Å². The molecule has 3 aromatic carbocycles. The number of aryl methyl sites for hydroxylation is 3. The third kappa shape index (κ3) is 14.2. The molecule has 1 aliphatic rings. The van der Waals surface area contributed by atoms with Crippen LogP contribution in [0.25, 0.3) is 0 Å². The van der Waals surface area contributed by atoms with Crippen molar-refractivity contribution in [2.24, 2.45) is 0 Å². The van der Waals surface area contributed by atoms with E-state index in [-0.39, 0.29) is 5.41 Å². The van der Waals surface area contributed by atoms with Crippen LogP contribution in [0.3, 0.4) is 0 Å². The summed E-state index contributed by atoms with van der Waals surface area (Å²) in [6.45, 7) is 22.0. The second kappa shape index (κ2) is 20.4. The first-order valence-electron chi connectivity index (χ1n) is 20.5. The molecule has 0 aromatic heterocycles. The third-order valence-corrected chi connectivity index (χ3v) is 22.2. The van der Waals surface area contributed by atoms with E-state index >= 15 is 0 Å². The van der Waals surface area contributed by atoms with Crippen molar-refractivity contribution < 1.29 is 46.2 Å². The second-order valence-corrected chi connectivity index (χ2v) is 30.1. The molecule has 1 atom stereocenters. The van der Waals surface area contributed by atoms with Crippen LogP contribution in [0.5, 0.6) is 23.0 Å². The van der Waals surface area contributed by atoms with E-state index < -0.39 is 43.6 Å². The molecule has 0 bridgehead atoms. The van der Waals surface area contributed by atoms with Crippen LogP contribution in [-0.4, -0.2) is 64.9 Å². The van der Waals surface area contributed by atoms with Gasteiger partial charge in [-0.1, -0.05) is 68.0 Å². The van der Waals surface area contributed by atoms with E-state index in [9.17, 15) is 9.59 Å². The maximum Gasteiger partial charge on any atom is 0.514 e. The van der Waals surface area contributed by atoms with Gasteiger partial charge < -0.3 is 36.7 Å². The van der Waals surface area contributed by atoms with Gasteiger partial charge in [-0.05, 0) is 143 Å². The zero-order valence-electron chi connectivity index (χ0n) is 37.5. The monoisotopic (exact) mass is 862 g/mol. The first-order chi connectivity index (χ1) is 27.7. The summed E-state index contributed by atoms with van der Waals surface area (Å²) in [4.78, 5) is 24.5. The van der Waals surface area contributed by atoms with Crippen LogP contribution in [0, 0.1) is 6.92 Å². The van der Waals surface area contributed by atoms with E-state index in [2.05, 4.69) is 101 Å². The summed E-state index contributed by atoms with van der Waals surface area (Å²) in [5.41, 5.74) is 6.68. The number of carbonyl (C=O) groups excluding carboxylic acids is 2. The molecule has 4 rings (SSSR count). The van der Waals surface area contributed by atoms with Crippen molar-refractivity contribution in [3.05, 3.63) is 106 Å². The summed E-state index contributed by atoms with van der Waals surface area (Å²) < 4.78 is 46.1. The van der Waals surface area contributed by atoms with Crippen molar-refractivity contribution >= 4 is 37.5 Å². The maximum absolute atomic E-state index is 13.0. The lowest BCUT2D eigenvalue weighted by Crippen LogP contribution is -2.52. The lowest BCUT2D eigenvalue weighted by atomic mass is 9.74. The second-order valence-electron chi connectivity index (χ2n) is 17.6. The van der Waals surface area contributed by atoms with Crippen LogP contribution in [0.4, 0.5) is 9.59 Å². The minimum absolute atomic E-state index is 0.176. The van der Waals surface area contributed by atoms with Gasteiger partial charge in [-0.25, -0.2) is 9.59 Å². The molecule has 322 valence electrons. The van der Waals surface area contributed by atoms with E-state index in [1.807, 2.05) is 31.2 Å². The van der Waals surface area contributed by atoms with Crippen molar-refractivity contribution in [2.45, 2.75) is 123 Å². The standard InChI is InChI=1S/C46H66O10Si3/c1-33-17-14-20-37(29-33)46(3,4)38-23-26-39(34(2)30-38)52-45(48)54-41-25-22-36(32-43(41)50-6)19-16-28-58(10,11)56-59(12,13)55-57(8,9)27-15-18-35-21-24-40(42(31-35)49-5)53-44(47)51-7/h14,17,20-25,29-32,39H,15-16,18-19,26-28H2,1-13H3. The number of benzene rings is 3. The molecule has 0 aliphatic heterocycles. The predicted molar refractivity (Wildman–Crippen MR) is 241 cm³/mol. The Morgan fingerprint density at radius 3 is 1.69 bits per heavy atom. The first-order valence-corrected chi connectivity index (χ1v) is 29.5. The van der Waals surface area contributed by atoms with Gasteiger partial charge in [0.05, 0.1) is 21.3 Å². The molecule has 59 heavy (non-hydrogen) atoms. The number of hydrogen-bond donors (Lipinski definition) is 0. The molecule has 1 aliphatic carbocycles. The van der Waals surface area contributed by atoms with Gasteiger partial charge in [-0.2, -0.15) is 0 Å². The Morgan fingerprint density at radius 2 is 1.22 bits per heavy atom. The van der Waals surface area contributed by atoms with Crippen LogP contribution < -0.4 is 18.9 Å². The highest BCUT2D eigenvalue weighted by molar-refractivity contribution is 6.87. The van der Waals surface area contributed by atoms with Crippen molar-refractivity contribution in [3.8, 4) is 23.0 Å². The third-order valence-electron chi connectivity index (χ3n) is 10.7. The number of allylic oxidation sites excluding steroid dienone is 2. The lowest BCUT2D eigenvalue weighted by molar-refractivity contribution is 0.0714. The van der Waals surface area contributed by atoms with Gasteiger partial charge in [0.1, 0.15) is 6.10 Å². The number of rotatable bonds is 19. The van der Waals surface area contributed by atoms with Crippen LogP contribution >= 0.6 is 0 Å². The highest BCUT2D eigenvalue weighted by atomic mass is 28.5. The zero-order valence-corrected chi connectivity index (χ0v) is 40.5. The number of methoxy groups -OCH3 is 3. The fourth-order valence-electron chi connectivity index (χ4n) is 7.75. The Morgan fingerprint density at radius 1 is 0.695 bits per heavy atom. The summed E-state index contributed by atoms with van der Waals surface area (Å²) in [7, 11) is -2.08. The van der Waals surface area contributed by atoms with Crippen LogP contribution in [0.2, 0.25) is 51.4 Å². The molecule has 10 nitrogen and oxygen atoms in total. The van der Waals surface area contributed by atoms with Crippen LogP contribution in [-0.2, 0) is 36.0 Å². The van der Waals surface area contributed by atoms with E-state index in [1.165, 1.54) is 23.8 Å². The minimum atomic E-state index is -2.40. The molecular weight excluding hydrogens is 797 g/mol. The summed E-state index contributed by atoms with van der Waals surface area (Å²) in [6, 6.07) is 21.8. The van der Waals surface area contributed by atoms with E-state index in [4.69, 9.17) is 31.9 Å². The Balaban J connectivity index is 1.24. The minimum Gasteiger partial charge on any atom is -0.493 e. The van der Waals surface area contributed by atoms with Gasteiger partial charge in [0.25, 0.3) is 0 Å². The molecular formula is C46H66O10Si3. The molecule has 0 amide bonds. The average Bonchev–Trinajstić information content (AvgIpc) is 3.15. The summed E-state index contributed by atoms with van der Waals surface area (Å²) in [5.74, 6) is 1.63. The summed E-state index contributed by atoms with van der Waals surface area (Å²) in [6.07, 6.45) is 6.53. The van der Waals surface area contributed by atoms with Crippen molar-refractivity contribution in [1.29, 1.82) is 0 Å². The van der Waals surface area contributed by atoms with Gasteiger partial charge >= 0.3 is 20.9 Å². The zero-order chi connectivity index (χ0) is 43.6. The molecule has 0 saturated heterocycles. The normalized spacial score (nSPS) is 14.8. The van der Waals surface area contributed by atoms with Gasteiger partial charge in [-0.3, -0.25) is 0 Å². The molecule has 0 saturated carbocycles. The van der Waals surface area contributed by atoms with Crippen LogP contribution in [0.1, 0.15) is 62.3 Å². The van der Waals surface area contributed by atoms with E-state index in [1.54, 1.807) is 26.4 Å². The Hall–Kier alpha value is -4.15. The number of carbonyl (C=O) groups is 2. The molecule has 0 N–H and O–H groups in total.